The second-order valence-electron chi connectivity index (χ2n) is 6.31. The predicted molar refractivity (Wildman–Crippen MR) is 102 cm³/mol. The Morgan fingerprint density at radius 2 is 1.85 bits per heavy atom. The van der Waals surface area contributed by atoms with Crippen molar-refractivity contribution in [1.82, 2.24) is 9.97 Å². The van der Waals surface area contributed by atoms with Crippen LogP contribution in [-0.2, 0) is 11.3 Å². The van der Waals surface area contributed by atoms with Gasteiger partial charge in [0.2, 0.25) is 0 Å². The zero-order chi connectivity index (χ0) is 18.5. The number of aliphatic hydroxyl groups is 1. The smallest absolute Gasteiger partial charge is 0.156 e. The SMILES string of the molecule is OCc1ncc(C2CCCO2)c(Nc2ccc(Oc3ccccc3)cc2)n1. The molecule has 1 aliphatic rings. The minimum Gasteiger partial charge on any atom is -0.457 e. The molecule has 3 aromatic rings. The average molecular weight is 363 g/mol. The maximum atomic E-state index is 9.36. The van der Waals surface area contributed by atoms with Crippen molar-refractivity contribution in [1.29, 1.82) is 0 Å². The number of aromatic nitrogens is 2. The number of para-hydroxylation sites is 1. The molecule has 6 heteroatoms. The Labute approximate surface area is 157 Å². The summed E-state index contributed by atoms with van der Waals surface area (Å²) in [6.07, 6.45) is 3.70. The summed E-state index contributed by atoms with van der Waals surface area (Å²) in [6.45, 7) is 0.543. The maximum Gasteiger partial charge on any atom is 0.156 e. The van der Waals surface area contributed by atoms with Crippen LogP contribution in [0.25, 0.3) is 0 Å². The van der Waals surface area contributed by atoms with Crippen LogP contribution in [0.2, 0.25) is 0 Å². The number of anilines is 2. The second kappa shape index (κ2) is 8.16. The fourth-order valence-electron chi connectivity index (χ4n) is 3.03. The van der Waals surface area contributed by atoms with E-state index in [0.717, 1.165) is 42.2 Å². The van der Waals surface area contributed by atoms with Gasteiger partial charge in [-0.25, -0.2) is 9.97 Å². The number of benzene rings is 2. The van der Waals surface area contributed by atoms with Crippen LogP contribution in [0.15, 0.2) is 60.8 Å². The van der Waals surface area contributed by atoms with Crippen LogP contribution in [0.4, 0.5) is 11.5 Å². The predicted octanol–water partition coefficient (Wildman–Crippen LogP) is 4.36. The lowest BCUT2D eigenvalue weighted by molar-refractivity contribution is 0.112. The summed E-state index contributed by atoms with van der Waals surface area (Å²) in [6, 6.07) is 17.3. The van der Waals surface area contributed by atoms with Crippen LogP contribution < -0.4 is 10.1 Å². The molecule has 1 atom stereocenters. The van der Waals surface area contributed by atoms with E-state index in [9.17, 15) is 5.11 Å². The summed E-state index contributed by atoms with van der Waals surface area (Å²) >= 11 is 0. The lowest BCUT2D eigenvalue weighted by Gasteiger charge is -2.16. The van der Waals surface area contributed by atoms with Gasteiger partial charge >= 0.3 is 0 Å². The largest absolute Gasteiger partial charge is 0.457 e. The van der Waals surface area contributed by atoms with Crippen molar-refractivity contribution in [2.24, 2.45) is 0 Å². The molecule has 1 aromatic heterocycles. The first-order valence-electron chi connectivity index (χ1n) is 9.00. The number of ether oxygens (including phenoxy) is 2. The molecule has 2 N–H and O–H groups in total. The van der Waals surface area contributed by atoms with Gasteiger partial charge in [0.15, 0.2) is 5.82 Å². The molecule has 0 radical (unpaired) electrons. The van der Waals surface area contributed by atoms with Gasteiger partial charge in [-0.1, -0.05) is 18.2 Å². The molecule has 2 heterocycles. The highest BCUT2D eigenvalue weighted by Gasteiger charge is 2.22. The van der Waals surface area contributed by atoms with Gasteiger partial charge in [0.1, 0.15) is 23.9 Å². The Balaban J connectivity index is 1.53. The number of hydrogen-bond acceptors (Lipinski definition) is 6. The Hall–Kier alpha value is -2.96. The molecule has 0 aliphatic carbocycles. The Bertz CT molecular complexity index is 879. The van der Waals surface area contributed by atoms with Crippen molar-refractivity contribution in [2.45, 2.75) is 25.6 Å². The molecule has 0 spiro atoms. The lowest BCUT2D eigenvalue weighted by atomic mass is 10.1. The summed E-state index contributed by atoms with van der Waals surface area (Å²) in [4.78, 5) is 8.64. The van der Waals surface area contributed by atoms with Crippen molar-refractivity contribution in [3.8, 4) is 11.5 Å². The van der Waals surface area contributed by atoms with Crippen LogP contribution in [0.5, 0.6) is 11.5 Å². The fourth-order valence-corrected chi connectivity index (χ4v) is 3.03. The quantitative estimate of drug-likeness (QED) is 0.678. The minimum atomic E-state index is -0.204. The Morgan fingerprint density at radius 1 is 1.07 bits per heavy atom. The van der Waals surface area contributed by atoms with E-state index in [1.165, 1.54) is 0 Å². The third-order valence-electron chi connectivity index (χ3n) is 4.38. The normalized spacial score (nSPS) is 16.3. The number of aliphatic hydroxyl groups excluding tert-OH is 1. The molecule has 1 aliphatic heterocycles. The van der Waals surface area contributed by atoms with Gasteiger partial charge in [0, 0.05) is 24.1 Å². The summed E-state index contributed by atoms with van der Waals surface area (Å²) < 4.78 is 11.6. The van der Waals surface area contributed by atoms with Gasteiger partial charge < -0.3 is 19.9 Å². The molecule has 6 nitrogen and oxygen atoms in total. The first kappa shape index (κ1) is 17.5. The van der Waals surface area contributed by atoms with E-state index in [2.05, 4.69) is 15.3 Å². The molecule has 4 rings (SSSR count). The van der Waals surface area contributed by atoms with Crippen LogP contribution >= 0.6 is 0 Å². The first-order chi connectivity index (χ1) is 13.3. The maximum absolute atomic E-state index is 9.36. The topological polar surface area (TPSA) is 76.5 Å². The summed E-state index contributed by atoms with van der Waals surface area (Å²) in [5.41, 5.74) is 1.78. The Morgan fingerprint density at radius 3 is 2.56 bits per heavy atom. The molecule has 2 aromatic carbocycles. The molecule has 0 saturated carbocycles. The van der Waals surface area contributed by atoms with E-state index < -0.39 is 0 Å². The van der Waals surface area contributed by atoms with Crippen molar-refractivity contribution in [3.63, 3.8) is 0 Å². The average Bonchev–Trinajstić information content (AvgIpc) is 3.25. The molecular weight excluding hydrogens is 342 g/mol. The standard InChI is InChI=1S/C21H21N3O3/c25-14-20-22-13-18(19-7-4-12-26-19)21(24-20)23-15-8-10-17(11-9-15)27-16-5-2-1-3-6-16/h1-3,5-6,8-11,13,19,25H,4,7,12,14H2,(H,22,23,24). The summed E-state index contributed by atoms with van der Waals surface area (Å²) in [7, 11) is 0. The molecule has 138 valence electrons. The number of rotatable bonds is 6. The Kier molecular flexibility index (Phi) is 5.27. The highest BCUT2D eigenvalue weighted by Crippen LogP contribution is 2.33. The number of nitrogens with one attached hydrogen (secondary N) is 1. The van der Waals surface area contributed by atoms with Gasteiger partial charge in [-0.05, 0) is 49.2 Å². The van der Waals surface area contributed by atoms with Crippen molar-refractivity contribution >= 4 is 11.5 Å². The minimum absolute atomic E-state index is 0.0130. The van der Waals surface area contributed by atoms with Crippen LogP contribution in [0.3, 0.4) is 0 Å². The zero-order valence-corrected chi connectivity index (χ0v) is 14.8. The van der Waals surface area contributed by atoms with Gasteiger partial charge in [-0.15, -0.1) is 0 Å². The van der Waals surface area contributed by atoms with E-state index in [4.69, 9.17) is 9.47 Å². The van der Waals surface area contributed by atoms with Crippen molar-refractivity contribution in [2.75, 3.05) is 11.9 Å². The molecule has 0 bridgehead atoms. The van der Waals surface area contributed by atoms with Crippen LogP contribution in [0.1, 0.15) is 30.3 Å². The molecule has 1 fully saturated rings. The molecule has 27 heavy (non-hydrogen) atoms. The van der Waals surface area contributed by atoms with Gasteiger partial charge in [-0.3, -0.25) is 0 Å². The number of hydrogen-bond donors (Lipinski definition) is 2. The summed E-state index contributed by atoms with van der Waals surface area (Å²) in [5, 5.41) is 12.7. The van der Waals surface area contributed by atoms with Crippen molar-refractivity contribution in [3.05, 3.63) is 72.2 Å². The fraction of sp³-hybridized carbons (Fsp3) is 0.238. The molecule has 1 saturated heterocycles. The lowest BCUT2D eigenvalue weighted by Crippen LogP contribution is -2.08. The highest BCUT2D eigenvalue weighted by atomic mass is 16.5. The highest BCUT2D eigenvalue weighted by molar-refractivity contribution is 5.60. The third kappa shape index (κ3) is 4.24. The zero-order valence-electron chi connectivity index (χ0n) is 14.8. The third-order valence-corrected chi connectivity index (χ3v) is 4.38. The van der Waals surface area contributed by atoms with Crippen LogP contribution in [0, 0.1) is 0 Å². The number of nitrogens with zero attached hydrogens (tertiary/aromatic N) is 2. The van der Waals surface area contributed by atoms with E-state index >= 15 is 0 Å². The monoisotopic (exact) mass is 363 g/mol. The van der Waals surface area contributed by atoms with Crippen molar-refractivity contribution < 1.29 is 14.6 Å². The van der Waals surface area contributed by atoms with Crippen LogP contribution in [-0.4, -0.2) is 21.7 Å². The summed E-state index contributed by atoms with van der Waals surface area (Å²) in [5.74, 6) is 2.59. The van der Waals surface area contributed by atoms with E-state index in [-0.39, 0.29) is 12.7 Å². The molecule has 1 unspecified atom stereocenters. The molecule has 0 amide bonds. The molecular formula is C21H21N3O3. The van der Waals surface area contributed by atoms with Gasteiger partial charge in [0.05, 0.1) is 6.10 Å². The van der Waals surface area contributed by atoms with E-state index in [1.807, 2.05) is 54.6 Å². The van der Waals surface area contributed by atoms with Gasteiger partial charge in [-0.2, -0.15) is 0 Å². The first-order valence-corrected chi connectivity index (χ1v) is 9.00. The second-order valence-corrected chi connectivity index (χ2v) is 6.31. The van der Waals surface area contributed by atoms with E-state index in [0.29, 0.717) is 11.6 Å². The van der Waals surface area contributed by atoms with Gasteiger partial charge in [0.25, 0.3) is 0 Å². The van der Waals surface area contributed by atoms with E-state index in [1.54, 1.807) is 6.20 Å².